The number of para-hydroxylation sites is 2. The fourth-order valence-corrected chi connectivity index (χ4v) is 3.52. The van der Waals surface area contributed by atoms with Gasteiger partial charge in [0.2, 0.25) is 12.7 Å². The maximum atomic E-state index is 13.2. The normalized spacial score (nSPS) is 12.4. The molecule has 158 valence electrons. The number of hydrogen-bond acceptors (Lipinski definition) is 5. The van der Waals surface area contributed by atoms with Crippen molar-refractivity contribution in [3.8, 4) is 11.5 Å². The second kappa shape index (κ2) is 8.39. The van der Waals surface area contributed by atoms with Gasteiger partial charge in [-0.05, 0) is 48.0 Å². The van der Waals surface area contributed by atoms with Crippen molar-refractivity contribution >= 4 is 34.6 Å². The lowest BCUT2D eigenvalue weighted by Gasteiger charge is -2.12. The summed E-state index contributed by atoms with van der Waals surface area (Å²) >= 11 is 0. The van der Waals surface area contributed by atoms with E-state index in [1.807, 2.05) is 48.5 Å². The number of carbonyl (C=O) groups is 1. The number of anilines is 1. The Labute approximate surface area is 183 Å². The van der Waals surface area contributed by atoms with Gasteiger partial charge in [0.25, 0.3) is 5.56 Å². The number of nitrogens with zero attached hydrogens (tertiary/aromatic N) is 2. The van der Waals surface area contributed by atoms with Crippen molar-refractivity contribution in [3.05, 3.63) is 94.5 Å². The smallest absolute Gasteiger partial charge is 0.262 e. The standard InChI is InChI=1S/C25H19N3O4/c29-24(26-18-6-2-1-3-7-18)15-28-23(27-20-9-5-4-8-19(20)25(28)30)13-11-17-10-12-21-22(14-17)32-16-31-21/h1-14H,15-16H2,(H,26,29)/b13-11+. The zero-order chi connectivity index (χ0) is 21.9. The predicted molar refractivity (Wildman–Crippen MR) is 123 cm³/mol. The van der Waals surface area contributed by atoms with Crippen LogP contribution in [0.4, 0.5) is 5.69 Å². The molecule has 3 aromatic carbocycles. The van der Waals surface area contributed by atoms with Gasteiger partial charge in [-0.15, -0.1) is 0 Å². The van der Waals surface area contributed by atoms with Crippen molar-refractivity contribution in [2.45, 2.75) is 6.54 Å². The van der Waals surface area contributed by atoms with E-state index in [9.17, 15) is 9.59 Å². The number of ether oxygens (including phenoxy) is 2. The van der Waals surface area contributed by atoms with Crippen LogP contribution in [0.15, 0.2) is 77.6 Å². The first-order valence-corrected chi connectivity index (χ1v) is 10.1. The van der Waals surface area contributed by atoms with Crippen LogP contribution in [0.25, 0.3) is 23.1 Å². The molecule has 1 aliphatic heterocycles. The average molecular weight is 425 g/mol. The van der Waals surface area contributed by atoms with Crippen molar-refractivity contribution in [2.24, 2.45) is 0 Å². The molecule has 0 fully saturated rings. The number of nitrogens with one attached hydrogen (secondary N) is 1. The third-order valence-electron chi connectivity index (χ3n) is 5.07. The van der Waals surface area contributed by atoms with E-state index in [-0.39, 0.29) is 24.8 Å². The summed E-state index contributed by atoms with van der Waals surface area (Å²) < 4.78 is 12.1. The van der Waals surface area contributed by atoms with E-state index in [2.05, 4.69) is 10.3 Å². The third-order valence-corrected chi connectivity index (χ3v) is 5.07. The van der Waals surface area contributed by atoms with Gasteiger partial charge in [0.1, 0.15) is 12.4 Å². The van der Waals surface area contributed by atoms with Crippen LogP contribution in [-0.2, 0) is 11.3 Å². The van der Waals surface area contributed by atoms with Gasteiger partial charge in [-0.1, -0.05) is 42.5 Å². The number of benzene rings is 3. The summed E-state index contributed by atoms with van der Waals surface area (Å²) in [6.45, 7) is 0.0389. The van der Waals surface area contributed by atoms with Crippen LogP contribution in [0.2, 0.25) is 0 Å². The van der Waals surface area contributed by atoms with Crippen LogP contribution < -0.4 is 20.3 Å². The van der Waals surface area contributed by atoms with Crippen LogP contribution in [-0.4, -0.2) is 22.3 Å². The van der Waals surface area contributed by atoms with Crippen molar-refractivity contribution in [1.29, 1.82) is 0 Å². The zero-order valence-electron chi connectivity index (χ0n) is 17.0. The molecule has 0 aliphatic carbocycles. The minimum Gasteiger partial charge on any atom is -0.454 e. The highest BCUT2D eigenvalue weighted by molar-refractivity contribution is 5.91. The monoisotopic (exact) mass is 425 g/mol. The molecule has 0 saturated carbocycles. The maximum Gasteiger partial charge on any atom is 0.262 e. The molecule has 1 N–H and O–H groups in total. The number of amides is 1. The van der Waals surface area contributed by atoms with Gasteiger partial charge in [0.05, 0.1) is 10.9 Å². The summed E-state index contributed by atoms with van der Waals surface area (Å²) in [7, 11) is 0. The van der Waals surface area contributed by atoms with Crippen LogP contribution >= 0.6 is 0 Å². The van der Waals surface area contributed by atoms with Gasteiger partial charge in [-0.2, -0.15) is 0 Å². The summed E-state index contributed by atoms with van der Waals surface area (Å²) in [5.74, 6) is 1.43. The highest BCUT2D eigenvalue weighted by Gasteiger charge is 2.14. The molecule has 2 heterocycles. The van der Waals surface area contributed by atoms with Crippen LogP contribution in [0.1, 0.15) is 11.4 Å². The molecule has 7 nitrogen and oxygen atoms in total. The topological polar surface area (TPSA) is 82.5 Å². The van der Waals surface area contributed by atoms with Crippen LogP contribution in [0, 0.1) is 0 Å². The van der Waals surface area contributed by atoms with E-state index >= 15 is 0 Å². The highest BCUT2D eigenvalue weighted by Crippen LogP contribution is 2.32. The molecule has 0 spiro atoms. The number of hydrogen-bond donors (Lipinski definition) is 1. The minimum absolute atomic E-state index is 0.160. The van der Waals surface area contributed by atoms with Crippen molar-refractivity contribution in [3.63, 3.8) is 0 Å². The summed E-state index contributed by atoms with van der Waals surface area (Å²) in [5.41, 5.74) is 1.82. The Morgan fingerprint density at radius 3 is 2.62 bits per heavy atom. The predicted octanol–water partition coefficient (Wildman–Crippen LogP) is 3.93. The lowest BCUT2D eigenvalue weighted by molar-refractivity contribution is -0.116. The molecular weight excluding hydrogens is 406 g/mol. The van der Waals surface area contributed by atoms with E-state index < -0.39 is 0 Å². The fourth-order valence-electron chi connectivity index (χ4n) is 3.52. The largest absolute Gasteiger partial charge is 0.454 e. The number of carbonyl (C=O) groups excluding carboxylic acids is 1. The Morgan fingerprint density at radius 2 is 1.75 bits per heavy atom. The highest BCUT2D eigenvalue weighted by atomic mass is 16.7. The Morgan fingerprint density at radius 1 is 0.969 bits per heavy atom. The lowest BCUT2D eigenvalue weighted by atomic mass is 10.2. The van der Waals surface area contributed by atoms with E-state index in [0.29, 0.717) is 33.9 Å². The number of rotatable bonds is 5. The molecule has 1 amide bonds. The zero-order valence-corrected chi connectivity index (χ0v) is 17.0. The molecule has 32 heavy (non-hydrogen) atoms. The maximum absolute atomic E-state index is 13.2. The van der Waals surface area contributed by atoms with E-state index in [1.165, 1.54) is 4.57 Å². The minimum atomic E-state index is -0.312. The van der Waals surface area contributed by atoms with Crippen molar-refractivity contribution in [1.82, 2.24) is 9.55 Å². The first-order chi connectivity index (χ1) is 15.7. The Bertz CT molecular complexity index is 1390. The Balaban J connectivity index is 1.50. The quantitative estimate of drug-likeness (QED) is 0.524. The Hall–Kier alpha value is -4.39. The summed E-state index contributed by atoms with van der Waals surface area (Å²) in [6.07, 6.45) is 3.55. The molecule has 7 heteroatoms. The summed E-state index contributed by atoms with van der Waals surface area (Å²) in [4.78, 5) is 30.5. The van der Waals surface area contributed by atoms with E-state index in [4.69, 9.17) is 9.47 Å². The molecule has 0 bridgehead atoms. The number of fused-ring (bicyclic) bond motifs is 2. The van der Waals surface area contributed by atoms with Crippen molar-refractivity contribution in [2.75, 3.05) is 12.1 Å². The molecule has 4 aromatic rings. The molecule has 5 rings (SSSR count). The van der Waals surface area contributed by atoms with Gasteiger partial charge in [-0.25, -0.2) is 4.98 Å². The van der Waals surface area contributed by atoms with Crippen LogP contribution in [0.5, 0.6) is 11.5 Å². The van der Waals surface area contributed by atoms with Crippen molar-refractivity contribution < 1.29 is 14.3 Å². The second-order valence-corrected chi connectivity index (χ2v) is 7.24. The van der Waals surface area contributed by atoms with Gasteiger partial charge < -0.3 is 14.8 Å². The van der Waals surface area contributed by atoms with E-state index in [1.54, 1.807) is 36.4 Å². The molecule has 0 radical (unpaired) electrons. The van der Waals surface area contributed by atoms with Gasteiger partial charge in [0.15, 0.2) is 11.5 Å². The molecule has 0 atom stereocenters. The molecule has 1 aromatic heterocycles. The van der Waals surface area contributed by atoms with Crippen LogP contribution in [0.3, 0.4) is 0 Å². The Kier molecular flexibility index (Phi) is 5.13. The second-order valence-electron chi connectivity index (χ2n) is 7.24. The average Bonchev–Trinajstić information content (AvgIpc) is 3.28. The van der Waals surface area contributed by atoms with Gasteiger partial charge in [-0.3, -0.25) is 14.2 Å². The number of aromatic nitrogens is 2. The SMILES string of the molecule is O=C(Cn1c(/C=C/c2ccc3c(c2)OCO3)nc2ccccc2c1=O)Nc1ccccc1. The molecular formula is C25H19N3O4. The summed E-state index contributed by atoms with van der Waals surface area (Å²) in [5, 5.41) is 3.27. The third kappa shape index (κ3) is 3.96. The first kappa shape index (κ1) is 19.6. The summed E-state index contributed by atoms with van der Waals surface area (Å²) in [6, 6.07) is 21.8. The molecule has 0 unspecified atom stereocenters. The van der Waals surface area contributed by atoms with E-state index in [0.717, 1.165) is 5.56 Å². The first-order valence-electron chi connectivity index (χ1n) is 10.1. The fraction of sp³-hybridized carbons (Fsp3) is 0.0800. The molecule has 0 saturated heterocycles. The van der Waals surface area contributed by atoms with Gasteiger partial charge in [0, 0.05) is 5.69 Å². The van der Waals surface area contributed by atoms with Gasteiger partial charge >= 0.3 is 0 Å². The molecule has 1 aliphatic rings. The lowest BCUT2D eigenvalue weighted by Crippen LogP contribution is -2.30.